The summed E-state index contributed by atoms with van der Waals surface area (Å²) in [5.74, 6) is -0.576. The van der Waals surface area contributed by atoms with Gasteiger partial charge >= 0.3 is 0 Å². The lowest BCUT2D eigenvalue weighted by atomic mass is 10.1. The lowest BCUT2D eigenvalue weighted by Gasteiger charge is -2.43. The SMILES string of the molecule is CC1CC2OCC3OC(C4OC(C)(C)OC34)N2C(=S)N1. The molecule has 6 atom stereocenters. The van der Waals surface area contributed by atoms with Crippen molar-refractivity contribution in [3.63, 3.8) is 0 Å². The van der Waals surface area contributed by atoms with Gasteiger partial charge in [-0.15, -0.1) is 0 Å². The summed E-state index contributed by atoms with van der Waals surface area (Å²) in [5.41, 5.74) is 0. The van der Waals surface area contributed by atoms with Crippen LogP contribution in [0.2, 0.25) is 0 Å². The van der Waals surface area contributed by atoms with Gasteiger partial charge < -0.3 is 24.3 Å². The van der Waals surface area contributed by atoms with Crippen LogP contribution in [0.1, 0.15) is 27.2 Å². The van der Waals surface area contributed by atoms with Crippen LogP contribution in [-0.4, -0.2) is 59.2 Å². The molecule has 1 N–H and O–H groups in total. The summed E-state index contributed by atoms with van der Waals surface area (Å²) >= 11 is 5.48. The predicted octanol–water partition coefficient (Wildman–Crippen LogP) is 0.556. The highest BCUT2D eigenvalue weighted by molar-refractivity contribution is 7.80. The molecule has 0 aromatic rings. The van der Waals surface area contributed by atoms with E-state index >= 15 is 0 Å². The molecule has 0 spiro atoms. The number of nitrogens with one attached hydrogen (secondary N) is 1. The van der Waals surface area contributed by atoms with Crippen LogP contribution >= 0.6 is 12.2 Å². The highest BCUT2D eigenvalue weighted by atomic mass is 32.1. The Morgan fingerprint density at radius 3 is 2.85 bits per heavy atom. The molecule has 7 heteroatoms. The van der Waals surface area contributed by atoms with Crippen LogP contribution in [0.4, 0.5) is 0 Å². The van der Waals surface area contributed by atoms with E-state index in [2.05, 4.69) is 12.2 Å². The van der Waals surface area contributed by atoms with Gasteiger partial charge in [0, 0.05) is 12.5 Å². The Labute approximate surface area is 123 Å². The maximum Gasteiger partial charge on any atom is 0.173 e. The standard InChI is InChI=1S/C13H20N2O4S/c1-6-4-8-15(12(20)14-6)11-10-9(7(17-11)5-16-8)18-13(2,3)19-10/h6-11H,4-5H2,1-3H3,(H,14,20). The Balaban J connectivity index is 1.65. The van der Waals surface area contributed by atoms with Gasteiger partial charge in [0.2, 0.25) is 0 Å². The van der Waals surface area contributed by atoms with Crippen molar-refractivity contribution in [1.82, 2.24) is 10.2 Å². The molecule has 0 aromatic carbocycles. The van der Waals surface area contributed by atoms with E-state index in [0.717, 1.165) is 6.42 Å². The summed E-state index contributed by atoms with van der Waals surface area (Å²) in [6.45, 7) is 6.50. The van der Waals surface area contributed by atoms with E-state index in [0.29, 0.717) is 17.8 Å². The molecule has 6 unspecified atom stereocenters. The molecule has 4 saturated heterocycles. The largest absolute Gasteiger partial charge is 0.360 e. The van der Waals surface area contributed by atoms with Crippen molar-refractivity contribution in [3.8, 4) is 0 Å². The minimum absolute atomic E-state index is 0.0398. The molecule has 0 amide bonds. The summed E-state index contributed by atoms with van der Waals surface area (Å²) in [6.07, 6.45) is 0.325. The first kappa shape index (κ1) is 13.2. The van der Waals surface area contributed by atoms with E-state index < -0.39 is 5.79 Å². The molecule has 4 fully saturated rings. The molecule has 0 aliphatic carbocycles. The van der Waals surface area contributed by atoms with Gasteiger partial charge in [-0.05, 0) is 33.0 Å². The average Bonchev–Trinajstić information content (AvgIpc) is 2.72. The van der Waals surface area contributed by atoms with Gasteiger partial charge in [0.05, 0.1) is 6.61 Å². The zero-order valence-electron chi connectivity index (χ0n) is 11.9. The minimum Gasteiger partial charge on any atom is -0.360 e. The smallest absolute Gasteiger partial charge is 0.173 e. The first-order chi connectivity index (χ1) is 9.44. The molecule has 112 valence electrons. The van der Waals surface area contributed by atoms with Gasteiger partial charge in [-0.1, -0.05) is 0 Å². The number of fused-ring (bicyclic) bond motifs is 7. The summed E-state index contributed by atoms with van der Waals surface area (Å²) < 4.78 is 24.1. The molecule has 4 rings (SSSR count). The fraction of sp³-hybridized carbons (Fsp3) is 0.923. The van der Waals surface area contributed by atoms with Crippen LogP contribution in [-0.2, 0) is 18.9 Å². The summed E-state index contributed by atoms with van der Waals surface area (Å²) in [6, 6.07) is 0.313. The van der Waals surface area contributed by atoms with Gasteiger partial charge in [0.1, 0.15) is 24.5 Å². The van der Waals surface area contributed by atoms with Gasteiger partial charge in [0.25, 0.3) is 0 Å². The summed E-state index contributed by atoms with van der Waals surface area (Å²) in [7, 11) is 0. The highest BCUT2D eigenvalue weighted by Gasteiger charge is 2.60. The van der Waals surface area contributed by atoms with Gasteiger partial charge in [-0.25, -0.2) is 0 Å². The number of hydrogen-bond acceptors (Lipinski definition) is 5. The fourth-order valence-electron chi connectivity index (χ4n) is 3.54. The molecule has 6 nitrogen and oxygen atoms in total. The molecule has 4 aliphatic heterocycles. The summed E-state index contributed by atoms with van der Waals surface area (Å²) in [5, 5.41) is 3.97. The second-order valence-corrected chi connectivity index (χ2v) is 6.80. The molecular weight excluding hydrogens is 280 g/mol. The lowest BCUT2D eigenvalue weighted by Crippen LogP contribution is -2.62. The Bertz CT molecular complexity index is 446. The van der Waals surface area contributed by atoms with Gasteiger partial charge in [-0.2, -0.15) is 0 Å². The number of thiocarbonyl (C=S) groups is 1. The Morgan fingerprint density at radius 2 is 2.05 bits per heavy atom. The fourth-order valence-corrected chi connectivity index (χ4v) is 3.96. The maximum absolute atomic E-state index is 6.08. The number of hydrogen-bond donors (Lipinski definition) is 1. The number of nitrogens with zero attached hydrogens (tertiary/aromatic N) is 1. The van der Waals surface area contributed by atoms with E-state index in [1.165, 1.54) is 0 Å². The third kappa shape index (κ3) is 1.88. The van der Waals surface area contributed by atoms with Crippen molar-refractivity contribution >= 4 is 17.3 Å². The second kappa shape index (κ2) is 4.27. The van der Waals surface area contributed by atoms with E-state index in [-0.39, 0.29) is 30.8 Å². The highest BCUT2D eigenvalue weighted by Crippen LogP contribution is 2.42. The molecular formula is C13H20N2O4S. The van der Waals surface area contributed by atoms with Crippen LogP contribution in [0.3, 0.4) is 0 Å². The van der Waals surface area contributed by atoms with Gasteiger partial charge in [-0.3, -0.25) is 4.90 Å². The third-order valence-corrected chi connectivity index (χ3v) is 4.65. The van der Waals surface area contributed by atoms with E-state index in [9.17, 15) is 0 Å². The first-order valence-corrected chi connectivity index (χ1v) is 7.57. The van der Waals surface area contributed by atoms with Crippen LogP contribution in [0, 0.1) is 0 Å². The summed E-state index contributed by atoms with van der Waals surface area (Å²) in [4.78, 5) is 2.00. The van der Waals surface area contributed by atoms with Crippen LogP contribution in [0.25, 0.3) is 0 Å². The van der Waals surface area contributed by atoms with E-state index in [4.69, 9.17) is 31.2 Å². The zero-order valence-corrected chi connectivity index (χ0v) is 12.7. The molecule has 20 heavy (non-hydrogen) atoms. The molecule has 2 bridgehead atoms. The van der Waals surface area contributed by atoms with Crippen molar-refractivity contribution < 1.29 is 18.9 Å². The average molecular weight is 300 g/mol. The molecule has 0 aromatic heterocycles. The van der Waals surface area contributed by atoms with Crippen molar-refractivity contribution in [2.24, 2.45) is 0 Å². The topological polar surface area (TPSA) is 52.2 Å². The first-order valence-electron chi connectivity index (χ1n) is 7.16. The van der Waals surface area contributed by atoms with E-state index in [1.807, 2.05) is 18.7 Å². The van der Waals surface area contributed by atoms with E-state index in [1.54, 1.807) is 0 Å². The Hall–Kier alpha value is -0.470. The van der Waals surface area contributed by atoms with Crippen molar-refractivity contribution in [2.75, 3.05) is 6.61 Å². The van der Waals surface area contributed by atoms with Crippen molar-refractivity contribution in [3.05, 3.63) is 0 Å². The van der Waals surface area contributed by atoms with Crippen molar-refractivity contribution in [2.45, 2.75) is 69.8 Å². The number of ether oxygens (including phenoxy) is 4. The number of rotatable bonds is 0. The van der Waals surface area contributed by atoms with Crippen molar-refractivity contribution in [1.29, 1.82) is 0 Å². The molecule has 4 aliphatic rings. The predicted molar refractivity (Wildman–Crippen MR) is 73.9 cm³/mol. The normalized spacial score (nSPS) is 49.4. The monoisotopic (exact) mass is 300 g/mol. The molecule has 0 radical (unpaired) electrons. The Morgan fingerprint density at radius 1 is 1.30 bits per heavy atom. The Kier molecular flexibility index (Phi) is 2.82. The van der Waals surface area contributed by atoms with Crippen LogP contribution in [0.5, 0.6) is 0 Å². The second-order valence-electron chi connectivity index (χ2n) is 6.41. The zero-order chi connectivity index (χ0) is 14.1. The van der Waals surface area contributed by atoms with Crippen LogP contribution in [0.15, 0.2) is 0 Å². The maximum atomic E-state index is 6.08. The lowest BCUT2D eigenvalue weighted by molar-refractivity contribution is -0.197. The minimum atomic E-state index is -0.576. The van der Waals surface area contributed by atoms with Gasteiger partial charge in [0.15, 0.2) is 17.1 Å². The quantitative estimate of drug-likeness (QED) is 0.656. The molecule has 0 saturated carbocycles. The van der Waals surface area contributed by atoms with Crippen LogP contribution < -0.4 is 5.32 Å². The molecule has 4 heterocycles. The third-order valence-electron chi connectivity index (χ3n) is 4.32.